The maximum absolute atomic E-state index is 12.7. The molecule has 3 aliphatic rings. The topological polar surface area (TPSA) is 83.1 Å². The number of nitrogens with one attached hydrogen (secondary N) is 1. The van der Waals surface area contributed by atoms with Gasteiger partial charge < -0.3 is 24.3 Å². The summed E-state index contributed by atoms with van der Waals surface area (Å²) < 4.78 is 22.9. The van der Waals surface area contributed by atoms with Crippen molar-refractivity contribution in [3.05, 3.63) is 33.4 Å². The van der Waals surface area contributed by atoms with Crippen LogP contribution >= 0.6 is 22.6 Å². The Kier molecular flexibility index (Phi) is 4.00. The lowest BCUT2D eigenvalue weighted by atomic mass is 9.95. The van der Waals surface area contributed by atoms with Crippen LogP contribution in [0, 0.1) is 3.57 Å². The van der Waals surface area contributed by atoms with E-state index in [1.807, 2.05) is 0 Å². The van der Waals surface area contributed by atoms with Gasteiger partial charge in [0, 0.05) is 3.57 Å². The second-order valence-corrected chi connectivity index (χ2v) is 7.63. The van der Waals surface area contributed by atoms with Crippen molar-refractivity contribution in [1.29, 1.82) is 0 Å². The van der Waals surface area contributed by atoms with Crippen LogP contribution in [0.3, 0.4) is 0 Å². The van der Waals surface area contributed by atoms with E-state index in [2.05, 4.69) is 27.9 Å². The van der Waals surface area contributed by atoms with E-state index in [4.69, 9.17) is 18.9 Å². The SMILES string of the molecule is CC1(C)O[C@@H]2[C@H](O1)C(=O)C=C[C@H]2NC(=O)c1cc2c(cc1I)OCO2. The van der Waals surface area contributed by atoms with Gasteiger partial charge in [0.1, 0.15) is 6.10 Å². The summed E-state index contributed by atoms with van der Waals surface area (Å²) in [6, 6.07) is 2.96. The van der Waals surface area contributed by atoms with Crippen LogP contribution in [-0.4, -0.2) is 42.5 Å². The summed E-state index contributed by atoms with van der Waals surface area (Å²) in [5.41, 5.74) is 0.477. The van der Waals surface area contributed by atoms with E-state index in [0.717, 1.165) is 3.57 Å². The summed E-state index contributed by atoms with van der Waals surface area (Å²) in [6.45, 7) is 3.64. The highest BCUT2D eigenvalue weighted by Crippen LogP contribution is 2.36. The summed E-state index contributed by atoms with van der Waals surface area (Å²) in [7, 11) is 0. The monoisotopic (exact) mass is 457 g/mol. The van der Waals surface area contributed by atoms with Crippen molar-refractivity contribution in [1.82, 2.24) is 5.32 Å². The van der Waals surface area contributed by atoms with Gasteiger partial charge in [0.2, 0.25) is 6.79 Å². The second-order valence-electron chi connectivity index (χ2n) is 6.47. The normalized spacial score (nSPS) is 28.8. The Hall–Kier alpha value is -1.65. The van der Waals surface area contributed by atoms with Gasteiger partial charge in [-0.05, 0) is 54.6 Å². The molecule has 25 heavy (non-hydrogen) atoms. The number of rotatable bonds is 2. The van der Waals surface area contributed by atoms with E-state index >= 15 is 0 Å². The van der Waals surface area contributed by atoms with E-state index in [1.54, 1.807) is 32.1 Å². The Morgan fingerprint density at radius 2 is 1.96 bits per heavy atom. The number of amides is 1. The van der Waals surface area contributed by atoms with E-state index in [9.17, 15) is 9.59 Å². The van der Waals surface area contributed by atoms with Crippen molar-refractivity contribution in [2.45, 2.75) is 37.9 Å². The molecule has 2 aliphatic heterocycles. The third-order valence-electron chi connectivity index (χ3n) is 4.24. The molecule has 3 atom stereocenters. The molecule has 8 heteroatoms. The second kappa shape index (κ2) is 5.96. The van der Waals surface area contributed by atoms with Gasteiger partial charge in [-0.15, -0.1) is 0 Å². The molecule has 1 aromatic carbocycles. The van der Waals surface area contributed by atoms with Crippen LogP contribution in [0.15, 0.2) is 24.3 Å². The predicted molar refractivity (Wildman–Crippen MR) is 94.5 cm³/mol. The van der Waals surface area contributed by atoms with Crippen LogP contribution in [0.2, 0.25) is 0 Å². The molecule has 1 saturated heterocycles. The fraction of sp³-hybridized carbons (Fsp3) is 0.412. The first-order valence-corrected chi connectivity index (χ1v) is 8.90. The predicted octanol–water partition coefficient (Wildman–Crippen LogP) is 1.78. The third-order valence-corrected chi connectivity index (χ3v) is 5.13. The summed E-state index contributed by atoms with van der Waals surface area (Å²) >= 11 is 2.08. The minimum absolute atomic E-state index is 0.147. The van der Waals surface area contributed by atoms with Crippen LogP contribution < -0.4 is 14.8 Å². The molecule has 1 N–H and O–H groups in total. The van der Waals surface area contributed by atoms with Gasteiger partial charge in [-0.25, -0.2) is 0 Å². The zero-order valence-corrected chi connectivity index (χ0v) is 15.7. The first-order chi connectivity index (χ1) is 11.8. The van der Waals surface area contributed by atoms with E-state index < -0.39 is 24.0 Å². The summed E-state index contributed by atoms with van der Waals surface area (Å²) in [4.78, 5) is 24.7. The molecule has 0 unspecified atom stereocenters. The smallest absolute Gasteiger partial charge is 0.253 e. The molecule has 0 aromatic heterocycles. The number of fused-ring (bicyclic) bond motifs is 2. The van der Waals surface area contributed by atoms with E-state index in [0.29, 0.717) is 17.1 Å². The highest BCUT2D eigenvalue weighted by atomic mass is 127. The average molecular weight is 457 g/mol. The number of hydrogen-bond acceptors (Lipinski definition) is 6. The molecule has 1 fully saturated rings. The summed E-state index contributed by atoms with van der Waals surface area (Å²) in [5.74, 6) is -0.136. The summed E-state index contributed by atoms with van der Waals surface area (Å²) in [5, 5.41) is 2.91. The minimum atomic E-state index is -0.868. The quantitative estimate of drug-likeness (QED) is 0.683. The number of benzene rings is 1. The van der Waals surface area contributed by atoms with Gasteiger partial charge in [0.15, 0.2) is 29.2 Å². The Morgan fingerprint density at radius 3 is 2.72 bits per heavy atom. The van der Waals surface area contributed by atoms with Crippen LogP contribution in [-0.2, 0) is 14.3 Å². The number of hydrogen-bond donors (Lipinski definition) is 1. The van der Waals surface area contributed by atoms with Gasteiger partial charge in [0.25, 0.3) is 5.91 Å². The lowest BCUT2D eigenvalue weighted by Gasteiger charge is -2.27. The molecule has 0 radical (unpaired) electrons. The molecule has 1 amide bonds. The molecule has 7 nitrogen and oxygen atoms in total. The number of carbonyl (C=O) groups excluding carboxylic acids is 2. The highest BCUT2D eigenvalue weighted by molar-refractivity contribution is 14.1. The van der Waals surface area contributed by atoms with Crippen molar-refractivity contribution in [2.75, 3.05) is 6.79 Å². The number of halogens is 1. The van der Waals surface area contributed by atoms with Crippen molar-refractivity contribution in [3.8, 4) is 11.5 Å². The maximum Gasteiger partial charge on any atom is 0.253 e. The highest BCUT2D eigenvalue weighted by Gasteiger charge is 2.49. The fourth-order valence-corrected chi connectivity index (χ4v) is 3.81. The van der Waals surface area contributed by atoms with Crippen LogP contribution in [0.4, 0.5) is 0 Å². The lowest BCUT2D eigenvalue weighted by Crippen LogP contribution is -2.50. The zero-order chi connectivity index (χ0) is 17.8. The van der Waals surface area contributed by atoms with Gasteiger partial charge in [-0.2, -0.15) is 0 Å². The number of carbonyl (C=O) groups is 2. The van der Waals surface area contributed by atoms with Crippen molar-refractivity contribution in [3.63, 3.8) is 0 Å². The van der Waals surface area contributed by atoms with Gasteiger partial charge in [-0.1, -0.05) is 6.08 Å². The van der Waals surface area contributed by atoms with Crippen molar-refractivity contribution in [2.24, 2.45) is 0 Å². The van der Waals surface area contributed by atoms with Crippen LogP contribution in [0.5, 0.6) is 11.5 Å². The Labute approximate surface area is 157 Å². The van der Waals surface area contributed by atoms with Gasteiger partial charge >= 0.3 is 0 Å². The fourth-order valence-electron chi connectivity index (χ4n) is 3.13. The Bertz CT molecular complexity index is 790. The summed E-state index contributed by atoms with van der Waals surface area (Å²) in [6.07, 6.45) is 1.82. The molecule has 1 aromatic rings. The Morgan fingerprint density at radius 1 is 1.24 bits per heavy atom. The molecular weight excluding hydrogens is 441 g/mol. The standard InChI is InChI=1S/C17H16INO6/c1-17(2)24-14-10(3-4-11(20)15(14)25-17)19-16(21)8-5-12-13(6-9(8)18)23-7-22-12/h3-6,10,14-15H,7H2,1-2H3,(H,19,21)/t10-,14+,15-/m1/s1. The van der Waals surface area contributed by atoms with Crippen molar-refractivity contribution >= 4 is 34.3 Å². The molecule has 1 aliphatic carbocycles. The molecule has 0 spiro atoms. The molecule has 2 heterocycles. The first kappa shape index (κ1) is 16.8. The number of ketones is 1. The van der Waals surface area contributed by atoms with Crippen LogP contribution in [0.25, 0.3) is 0 Å². The van der Waals surface area contributed by atoms with E-state index in [-0.39, 0.29) is 18.5 Å². The van der Waals surface area contributed by atoms with Gasteiger partial charge in [0.05, 0.1) is 11.6 Å². The number of ether oxygens (including phenoxy) is 4. The largest absolute Gasteiger partial charge is 0.454 e. The molecule has 4 rings (SSSR count). The first-order valence-electron chi connectivity index (χ1n) is 7.82. The third kappa shape index (κ3) is 3.02. The molecule has 132 valence electrons. The zero-order valence-electron chi connectivity index (χ0n) is 13.6. The molecule has 0 bridgehead atoms. The molecular formula is C17H16INO6. The Balaban J connectivity index is 1.57. The van der Waals surface area contributed by atoms with Crippen molar-refractivity contribution < 1.29 is 28.5 Å². The minimum Gasteiger partial charge on any atom is -0.454 e. The molecule has 0 saturated carbocycles. The average Bonchev–Trinajstić information content (AvgIpc) is 3.12. The van der Waals surface area contributed by atoms with Gasteiger partial charge in [-0.3, -0.25) is 9.59 Å². The van der Waals surface area contributed by atoms with E-state index in [1.165, 1.54) is 6.08 Å². The maximum atomic E-state index is 12.7. The van der Waals surface area contributed by atoms with Crippen LogP contribution in [0.1, 0.15) is 24.2 Å². The lowest BCUT2D eigenvalue weighted by molar-refractivity contribution is -0.152.